The summed E-state index contributed by atoms with van der Waals surface area (Å²) in [5.41, 5.74) is 7.86. The molecule has 0 bridgehead atoms. The van der Waals surface area contributed by atoms with E-state index in [0.717, 1.165) is 30.5 Å². The molecular weight excluding hydrogens is 361 g/mol. The number of hydrogen-bond acceptors (Lipinski definition) is 2. The standard InChI is InChI=1S/C23H29F3N2/c1-15(12-13-27)8-10-19-16(2)20-14-18(23(24,25)26)9-11-21(20)28-22(19)17-6-4-3-5-7-17/h3-7,9,11,14-16,19,22,28H,8,10,12-13,27H2,1-2H3/t15-,16+,19-,22+/m1/s1. The van der Waals surface area contributed by atoms with Gasteiger partial charge in [-0.05, 0) is 66.5 Å². The van der Waals surface area contributed by atoms with E-state index in [1.54, 1.807) is 6.07 Å². The Hall–Kier alpha value is -2.01. The van der Waals surface area contributed by atoms with Crippen molar-refractivity contribution in [3.05, 3.63) is 65.2 Å². The largest absolute Gasteiger partial charge is 0.416 e. The average Bonchev–Trinajstić information content (AvgIpc) is 2.67. The summed E-state index contributed by atoms with van der Waals surface area (Å²) in [5, 5.41) is 3.54. The highest BCUT2D eigenvalue weighted by Gasteiger charge is 2.37. The first-order valence-corrected chi connectivity index (χ1v) is 10.0. The van der Waals surface area contributed by atoms with Crippen molar-refractivity contribution in [1.29, 1.82) is 0 Å². The van der Waals surface area contributed by atoms with Gasteiger partial charge in [0.2, 0.25) is 0 Å². The van der Waals surface area contributed by atoms with E-state index in [1.165, 1.54) is 17.7 Å². The average molecular weight is 390 g/mol. The molecule has 0 amide bonds. The highest BCUT2D eigenvalue weighted by molar-refractivity contribution is 5.59. The Balaban J connectivity index is 1.94. The van der Waals surface area contributed by atoms with Gasteiger partial charge in [-0.15, -0.1) is 0 Å². The zero-order chi connectivity index (χ0) is 20.3. The summed E-state index contributed by atoms with van der Waals surface area (Å²) in [4.78, 5) is 0. The van der Waals surface area contributed by atoms with Gasteiger partial charge in [0.1, 0.15) is 0 Å². The molecule has 0 saturated heterocycles. The Morgan fingerprint density at radius 2 is 1.79 bits per heavy atom. The highest BCUT2D eigenvalue weighted by atomic mass is 19.4. The zero-order valence-electron chi connectivity index (χ0n) is 16.5. The van der Waals surface area contributed by atoms with Crippen molar-refractivity contribution < 1.29 is 13.2 Å². The molecule has 28 heavy (non-hydrogen) atoms. The SMILES string of the molecule is C[C@@H](CCN)CC[C@@H]1[C@H](C)c2cc(C(F)(F)F)ccc2N[C@H]1c1ccccc1. The van der Waals surface area contributed by atoms with Gasteiger partial charge < -0.3 is 11.1 Å². The lowest BCUT2D eigenvalue weighted by Gasteiger charge is -2.40. The van der Waals surface area contributed by atoms with Gasteiger partial charge >= 0.3 is 6.18 Å². The number of nitrogens with two attached hydrogens (primary N) is 1. The molecule has 152 valence electrons. The summed E-state index contributed by atoms with van der Waals surface area (Å²) < 4.78 is 39.7. The molecule has 0 unspecified atom stereocenters. The van der Waals surface area contributed by atoms with E-state index in [4.69, 9.17) is 5.73 Å². The van der Waals surface area contributed by atoms with E-state index in [2.05, 4.69) is 31.3 Å². The summed E-state index contributed by atoms with van der Waals surface area (Å²) in [6.45, 7) is 4.93. The fourth-order valence-electron chi connectivity index (χ4n) is 4.35. The molecular formula is C23H29F3N2. The molecule has 3 N–H and O–H groups in total. The number of rotatable bonds is 6. The molecule has 0 aromatic heterocycles. The maximum atomic E-state index is 13.2. The van der Waals surface area contributed by atoms with Gasteiger partial charge in [0.25, 0.3) is 0 Å². The predicted molar refractivity (Wildman–Crippen MR) is 108 cm³/mol. The fraction of sp³-hybridized carbons (Fsp3) is 0.478. The van der Waals surface area contributed by atoms with Crippen molar-refractivity contribution in [2.75, 3.05) is 11.9 Å². The summed E-state index contributed by atoms with van der Waals surface area (Å²) in [6.07, 6.45) is -1.38. The van der Waals surface area contributed by atoms with E-state index in [9.17, 15) is 13.2 Å². The number of nitrogens with one attached hydrogen (secondary N) is 1. The minimum atomic E-state index is -4.32. The molecule has 1 heterocycles. The lowest BCUT2D eigenvalue weighted by molar-refractivity contribution is -0.137. The van der Waals surface area contributed by atoms with Crippen molar-refractivity contribution >= 4 is 5.69 Å². The van der Waals surface area contributed by atoms with Gasteiger partial charge in [-0.2, -0.15) is 13.2 Å². The van der Waals surface area contributed by atoms with Crippen LogP contribution < -0.4 is 11.1 Å². The Labute approximate surface area is 165 Å². The predicted octanol–water partition coefficient (Wildman–Crippen LogP) is 6.36. The number of hydrogen-bond donors (Lipinski definition) is 2. The number of alkyl halides is 3. The van der Waals surface area contributed by atoms with Crippen LogP contribution in [0.15, 0.2) is 48.5 Å². The van der Waals surface area contributed by atoms with Crippen molar-refractivity contribution in [3.8, 4) is 0 Å². The lowest BCUT2D eigenvalue weighted by atomic mass is 9.73. The van der Waals surface area contributed by atoms with Gasteiger partial charge in [0.15, 0.2) is 0 Å². The molecule has 0 fully saturated rings. The maximum absolute atomic E-state index is 13.2. The minimum Gasteiger partial charge on any atom is -0.378 e. The Kier molecular flexibility index (Phi) is 6.33. The molecule has 1 aliphatic rings. The third-order valence-corrected chi connectivity index (χ3v) is 6.06. The number of anilines is 1. The van der Waals surface area contributed by atoms with E-state index < -0.39 is 11.7 Å². The van der Waals surface area contributed by atoms with Crippen LogP contribution in [0.1, 0.15) is 61.8 Å². The van der Waals surface area contributed by atoms with Crippen LogP contribution in [0.25, 0.3) is 0 Å². The summed E-state index contributed by atoms with van der Waals surface area (Å²) >= 11 is 0. The van der Waals surface area contributed by atoms with Crippen LogP contribution in [-0.4, -0.2) is 6.54 Å². The number of halogens is 3. The van der Waals surface area contributed by atoms with E-state index >= 15 is 0 Å². The van der Waals surface area contributed by atoms with Crippen molar-refractivity contribution in [1.82, 2.24) is 0 Å². The maximum Gasteiger partial charge on any atom is 0.416 e. The number of benzene rings is 2. The van der Waals surface area contributed by atoms with E-state index in [1.807, 2.05) is 18.2 Å². The smallest absolute Gasteiger partial charge is 0.378 e. The van der Waals surface area contributed by atoms with Crippen LogP contribution in [0.2, 0.25) is 0 Å². The van der Waals surface area contributed by atoms with Gasteiger partial charge in [-0.25, -0.2) is 0 Å². The van der Waals surface area contributed by atoms with Gasteiger partial charge in [-0.1, -0.05) is 50.6 Å². The Bertz CT molecular complexity index is 773. The summed E-state index contributed by atoms with van der Waals surface area (Å²) in [5.74, 6) is 0.768. The molecule has 2 aromatic carbocycles. The molecule has 4 atom stereocenters. The first-order chi connectivity index (χ1) is 13.3. The van der Waals surface area contributed by atoms with Crippen molar-refractivity contribution in [3.63, 3.8) is 0 Å². The lowest BCUT2D eigenvalue weighted by Crippen LogP contribution is -2.31. The molecule has 3 rings (SSSR count). The second-order valence-electron chi connectivity index (χ2n) is 8.04. The van der Waals surface area contributed by atoms with Crippen LogP contribution in [-0.2, 0) is 6.18 Å². The molecule has 0 radical (unpaired) electrons. The van der Waals surface area contributed by atoms with Crippen LogP contribution in [0.3, 0.4) is 0 Å². The monoisotopic (exact) mass is 390 g/mol. The summed E-state index contributed by atoms with van der Waals surface area (Å²) in [6, 6.07) is 14.4. The second kappa shape index (κ2) is 8.56. The number of fused-ring (bicyclic) bond motifs is 1. The first kappa shape index (κ1) is 20.7. The molecule has 5 heteroatoms. The molecule has 2 aromatic rings. The third-order valence-electron chi connectivity index (χ3n) is 6.06. The molecule has 0 aliphatic carbocycles. The van der Waals surface area contributed by atoms with Crippen LogP contribution in [0.5, 0.6) is 0 Å². The molecule has 0 spiro atoms. The van der Waals surface area contributed by atoms with Gasteiger partial charge in [0.05, 0.1) is 11.6 Å². The minimum absolute atomic E-state index is 0.0360. The van der Waals surface area contributed by atoms with Crippen LogP contribution in [0.4, 0.5) is 18.9 Å². The second-order valence-corrected chi connectivity index (χ2v) is 8.04. The van der Waals surface area contributed by atoms with E-state index in [0.29, 0.717) is 12.5 Å². The van der Waals surface area contributed by atoms with Crippen LogP contribution in [0, 0.1) is 11.8 Å². The molecule has 1 aliphatic heterocycles. The van der Waals surface area contributed by atoms with Gasteiger partial charge in [-0.3, -0.25) is 0 Å². The topological polar surface area (TPSA) is 38.0 Å². The van der Waals surface area contributed by atoms with E-state index in [-0.39, 0.29) is 17.9 Å². The first-order valence-electron chi connectivity index (χ1n) is 10.0. The fourth-order valence-corrected chi connectivity index (χ4v) is 4.35. The Morgan fingerprint density at radius 3 is 2.43 bits per heavy atom. The summed E-state index contributed by atoms with van der Waals surface area (Å²) in [7, 11) is 0. The molecule has 2 nitrogen and oxygen atoms in total. The highest BCUT2D eigenvalue weighted by Crippen LogP contribution is 2.48. The normalized spacial score (nSPS) is 23.0. The molecule has 0 saturated carbocycles. The zero-order valence-corrected chi connectivity index (χ0v) is 16.5. The van der Waals surface area contributed by atoms with Crippen LogP contribution >= 0.6 is 0 Å². The van der Waals surface area contributed by atoms with Crippen molar-refractivity contribution in [2.45, 2.75) is 51.2 Å². The quantitative estimate of drug-likeness (QED) is 0.602. The van der Waals surface area contributed by atoms with Crippen molar-refractivity contribution in [2.24, 2.45) is 17.6 Å². The Morgan fingerprint density at radius 1 is 1.07 bits per heavy atom. The van der Waals surface area contributed by atoms with Gasteiger partial charge in [0, 0.05) is 5.69 Å². The third kappa shape index (κ3) is 4.52.